The van der Waals surface area contributed by atoms with Crippen molar-refractivity contribution in [3.8, 4) is 5.75 Å². The number of fused-ring (bicyclic) bond motifs is 1. The van der Waals surface area contributed by atoms with Crippen molar-refractivity contribution in [3.05, 3.63) is 62.9 Å². The van der Waals surface area contributed by atoms with E-state index in [0.29, 0.717) is 11.6 Å². The van der Waals surface area contributed by atoms with E-state index in [0.717, 1.165) is 28.9 Å². The normalized spacial score (nSPS) is 14.8. The predicted octanol–water partition coefficient (Wildman–Crippen LogP) is 4.12. The Balaban J connectivity index is 2.06. The van der Waals surface area contributed by atoms with Gasteiger partial charge in [-0.15, -0.1) is 0 Å². The summed E-state index contributed by atoms with van der Waals surface area (Å²) in [6.07, 6.45) is 0.819. The van der Waals surface area contributed by atoms with Gasteiger partial charge in [-0.05, 0) is 35.4 Å². The van der Waals surface area contributed by atoms with Gasteiger partial charge in [-0.25, -0.2) is 4.39 Å². The summed E-state index contributed by atoms with van der Waals surface area (Å²) in [4.78, 5) is 0. The van der Waals surface area contributed by atoms with Crippen molar-refractivity contribution in [3.63, 3.8) is 0 Å². The third-order valence-electron chi connectivity index (χ3n) is 3.41. The van der Waals surface area contributed by atoms with Crippen molar-refractivity contribution < 1.29 is 9.13 Å². The molecule has 5 heteroatoms. The molecule has 1 atom stereocenters. The number of ether oxygens (including phenoxy) is 1. The van der Waals surface area contributed by atoms with E-state index in [9.17, 15) is 4.39 Å². The van der Waals surface area contributed by atoms with Gasteiger partial charge in [-0.2, -0.15) is 0 Å². The fraction of sp³-hybridized carbons (Fsp3) is 0.200. The average Bonchev–Trinajstić information content (AvgIpc) is 2.88. The summed E-state index contributed by atoms with van der Waals surface area (Å²) in [7, 11) is 0. The molecule has 0 amide bonds. The molecule has 0 bridgehead atoms. The lowest BCUT2D eigenvalue weighted by Crippen LogP contribution is -2.13. The van der Waals surface area contributed by atoms with Gasteiger partial charge >= 0.3 is 0 Å². The third-order valence-corrected chi connectivity index (χ3v) is 3.92. The molecule has 104 valence electrons. The van der Waals surface area contributed by atoms with E-state index >= 15 is 0 Å². The Bertz CT molecular complexity index is 675. The van der Waals surface area contributed by atoms with Crippen LogP contribution in [0, 0.1) is 5.82 Å². The van der Waals surface area contributed by atoms with Gasteiger partial charge < -0.3 is 10.5 Å². The Morgan fingerprint density at radius 3 is 2.75 bits per heavy atom. The van der Waals surface area contributed by atoms with Crippen LogP contribution in [0.1, 0.15) is 22.7 Å². The molecule has 0 saturated heterocycles. The van der Waals surface area contributed by atoms with E-state index in [4.69, 9.17) is 33.7 Å². The highest BCUT2D eigenvalue weighted by molar-refractivity contribution is 6.31. The molecule has 0 spiro atoms. The first-order chi connectivity index (χ1) is 9.56. The van der Waals surface area contributed by atoms with Crippen molar-refractivity contribution in [2.75, 3.05) is 6.61 Å². The highest BCUT2D eigenvalue weighted by atomic mass is 35.5. The van der Waals surface area contributed by atoms with Crippen LogP contribution in [0.25, 0.3) is 0 Å². The SMILES string of the molecule is NC(c1ccc(F)c(Cl)c1)c1cc(Cl)cc2c1OCC2. The van der Waals surface area contributed by atoms with Crippen LogP contribution in [0.3, 0.4) is 0 Å². The van der Waals surface area contributed by atoms with Crippen LogP contribution in [0.5, 0.6) is 5.75 Å². The molecule has 0 aliphatic carbocycles. The molecule has 2 N–H and O–H groups in total. The van der Waals surface area contributed by atoms with Crippen LogP contribution in [0.2, 0.25) is 10.0 Å². The molecule has 2 aromatic carbocycles. The fourth-order valence-corrected chi connectivity index (χ4v) is 2.85. The van der Waals surface area contributed by atoms with Gasteiger partial charge in [0.2, 0.25) is 0 Å². The Morgan fingerprint density at radius 1 is 1.20 bits per heavy atom. The predicted molar refractivity (Wildman–Crippen MR) is 78.1 cm³/mol. The minimum atomic E-state index is -0.463. The molecule has 0 radical (unpaired) electrons. The van der Waals surface area contributed by atoms with Gasteiger partial charge in [0.05, 0.1) is 17.7 Å². The maximum Gasteiger partial charge on any atom is 0.141 e. The molecule has 2 aromatic rings. The van der Waals surface area contributed by atoms with E-state index in [1.807, 2.05) is 6.07 Å². The van der Waals surface area contributed by atoms with Crippen molar-refractivity contribution in [1.29, 1.82) is 0 Å². The summed E-state index contributed by atoms with van der Waals surface area (Å²) >= 11 is 11.9. The number of hydrogen-bond donors (Lipinski definition) is 1. The molecule has 1 unspecified atom stereocenters. The van der Waals surface area contributed by atoms with Crippen LogP contribution in [-0.2, 0) is 6.42 Å². The highest BCUT2D eigenvalue weighted by Gasteiger charge is 2.22. The number of hydrogen-bond acceptors (Lipinski definition) is 2. The van der Waals surface area contributed by atoms with E-state index < -0.39 is 11.9 Å². The van der Waals surface area contributed by atoms with Gasteiger partial charge in [0.25, 0.3) is 0 Å². The summed E-state index contributed by atoms with van der Waals surface area (Å²) in [6.45, 7) is 0.625. The second-order valence-electron chi connectivity index (χ2n) is 4.73. The largest absolute Gasteiger partial charge is 0.493 e. The lowest BCUT2D eigenvalue weighted by atomic mass is 9.96. The summed E-state index contributed by atoms with van der Waals surface area (Å²) < 4.78 is 18.9. The van der Waals surface area contributed by atoms with Gasteiger partial charge in [-0.3, -0.25) is 0 Å². The standard InChI is InChI=1S/C15H12Cl2FNO/c16-10-5-9-3-4-20-15(9)11(7-10)14(19)8-1-2-13(18)12(17)6-8/h1-2,5-7,14H,3-4,19H2. The van der Waals surface area contributed by atoms with Gasteiger partial charge in [0.15, 0.2) is 0 Å². The molecule has 20 heavy (non-hydrogen) atoms. The van der Waals surface area contributed by atoms with Crippen LogP contribution in [0.4, 0.5) is 4.39 Å². The van der Waals surface area contributed by atoms with E-state index in [-0.39, 0.29) is 5.02 Å². The number of benzene rings is 2. The maximum atomic E-state index is 13.2. The average molecular weight is 312 g/mol. The Kier molecular flexibility index (Phi) is 3.59. The van der Waals surface area contributed by atoms with Gasteiger partial charge in [0.1, 0.15) is 11.6 Å². The summed E-state index contributed by atoms with van der Waals surface area (Å²) in [6, 6.07) is 7.67. The zero-order valence-electron chi connectivity index (χ0n) is 10.5. The smallest absolute Gasteiger partial charge is 0.141 e. The molecular weight excluding hydrogens is 300 g/mol. The quantitative estimate of drug-likeness (QED) is 0.905. The van der Waals surface area contributed by atoms with Crippen molar-refractivity contribution in [2.45, 2.75) is 12.5 Å². The molecule has 0 fully saturated rings. The topological polar surface area (TPSA) is 35.2 Å². The minimum absolute atomic E-state index is 0.0533. The van der Waals surface area contributed by atoms with Gasteiger partial charge in [-0.1, -0.05) is 29.3 Å². The summed E-state index contributed by atoms with van der Waals surface area (Å²) in [5.41, 5.74) is 8.83. The maximum absolute atomic E-state index is 13.2. The molecule has 1 aliphatic rings. The number of rotatable bonds is 2. The van der Waals surface area contributed by atoms with Crippen molar-refractivity contribution >= 4 is 23.2 Å². The van der Waals surface area contributed by atoms with E-state index in [1.165, 1.54) is 12.1 Å². The lowest BCUT2D eigenvalue weighted by molar-refractivity contribution is 0.352. The van der Waals surface area contributed by atoms with E-state index in [1.54, 1.807) is 12.1 Å². The molecule has 0 aromatic heterocycles. The third kappa shape index (κ3) is 2.37. The Hall–Kier alpha value is -1.29. The zero-order valence-corrected chi connectivity index (χ0v) is 12.0. The molecule has 2 nitrogen and oxygen atoms in total. The van der Waals surface area contributed by atoms with Crippen molar-refractivity contribution in [2.24, 2.45) is 5.73 Å². The molecule has 0 saturated carbocycles. The second-order valence-corrected chi connectivity index (χ2v) is 5.58. The molecule has 1 aliphatic heterocycles. The summed E-state index contributed by atoms with van der Waals surface area (Å²) in [5.74, 6) is 0.317. The minimum Gasteiger partial charge on any atom is -0.493 e. The van der Waals surface area contributed by atoms with Crippen LogP contribution in [-0.4, -0.2) is 6.61 Å². The second kappa shape index (κ2) is 5.24. The lowest BCUT2D eigenvalue weighted by Gasteiger charge is -2.17. The zero-order chi connectivity index (χ0) is 14.3. The first kappa shape index (κ1) is 13.7. The fourth-order valence-electron chi connectivity index (χ4n) is 2.41. The van der Waals surface area contributed by atoms with E-state index in [2.05, 4.69) is 0 Å². The Morgan fingerprint density at radius 2 is 2.00 bits per heavy atom. The molecule has 1 heterocycles. The molecule has 3 rings (SSSR count). The number of halogens is 3. The summed E-state index contributed by atoms with van der Waals surface area (Å²) in [5, 5.41) is 0.672. The monoisotopic (exact) mass is 311 g/mol. The van der Waals surface area contributed by atoms with Crippen LogP contribution in [0.15, 0.2) is 30.3 Å². The molecular formula is C15H12Cl2FNO. The van der Waals surface area contributed by atoms with Crippen LogP contribution >= 0.6 is 23.2 Å². The number of nitrogens with two attached hydrogens (primary N) is 1. The van der Waals surface area contributed by atoms with Crippen LogP contribution < -0.4 is 10.5 Å². The van der Waals surface area contributed by atoms with Crippen molar-refractivity contribution in [1.82, 2.24) is 0 Å². The first-order valence-corrected chi connectivity index (χ1v) is 6.97. The highest BCUT2D eigenvalue weighted by Crippen LogP contribution is 2.38. The Labute approximate surface area is 126 Å². The van der Waals surface area contributed by atoms with Gasteiger partial charge in [0, 0.05) is 17.0 Å². The first-order valence-electron chi connectivity index (χ1n) is 6.22.